The lowest BCUT2D eigenvalue weighted by atomic mass is 10.4. The number of likely N-dealkylation sites (N-methyl/N-ethyl adjacent to an activating group) is 1. The second kappa shape index (κ2) is 9.15. The Kier molecular flexibility index (Phi) is 8.52. The van der Waals surface area contributed by atoms with E-state index < -0.39 is 0 Å². The molecule has 0 bridgehead atoms. The third kappa shape index (κ3) is 7.23. The molecule has 0 unspecified atom stereocenters. The van der Waals surface area contributed by atoms with Gasteiger partial charge in [0.15, 0.2) is 0 Å². The van der Waals surface area contributed by atoms with Crippen LogP contribution in [0.4, 0.5) is 0 Å². The van der Waals surface area contributed by atoms with E-state index in [0.29, 0.717) is 13.1 Å². The van der Waals surface area contributed by atoms with E-state index in [4.69, 9.17) is 0 Å². The molecule has 0 aromatic carbocycles. The van der Waals surface area contributed by atoms with Crippen LogP contribution in [0, 0.1) is 0 Å². The van der Waals surface area contributed by atoms with Crippen molar-refractivity contribution in [3.05, 3.63) is 0 Å². The number of carbonyl (C=O) groups excluding carboxylic acids is 2. The van der Waals surface area contributed by atoms with Crippen LogP contribution in [0.25, 0.3) is 0 Å². The van der Waals surface area contributed by atoms with E-state index in [1.54, 1.807) is 7.05 Å². The first kappa shape index (κ1) is 14.9. The van der Waals surface area contributed by atoms with Crippen molar-refractivity contribution in [1.29, 1.82) is 0 Å². The third-order valence-electron chi connectivity index (χ3n) is 2.08. The molecule has 0 fully saturated rings. The van der Waals surface area contributed by atoms with Crippen molar-refractivity contribution >= 4 is 11.8 Å². The van der Waals surface area contributed by atoms with Crippen LogP contribution in [0.15, 0.2) is 0 Å². The largest absolute Gasteiger partial charge is 0.355 e. The number of amides is 2. The standard InChI is InChI=1S/C11H23N3O2/c1-4-6-12-8-11(16)14(3)9-10(15)13-7-5-2/h12H,4-9H2,1-3H3,(H,13,15). The summed E-state index contributed by atoms with van der Waals surface area (Å²) in [7, 11) is 1.64. The highest BCUT2D eigenvalue weighted by Gasteiger charge is 2.11. The summed E-state index contributed by atoms with van der Waals surface area (Å²) in [4.78, 5) is 24.3. The van der Waals surface area contributed by atoms with E-state index >= 15 is 0 Å². The van der Waals surface area contributed by atoms with Crippen LogP contribution in [0.1, 0.15) is 26.7 Å². The summed E-state index contributed by atoms with van der Waals surface area (Å²) < 4.78 is 0. The highest BCUT2D eigenvalue weighted by atomic mass is 16.2. The third-order valence-corrected chi connectivity index (χ3v) is 2.08. The summed E-state index contributed by atoms with van der Waals surface area (Å²) >= 11 is 0. The van der Waals surface area contributed by atoms with Gasteiger partial charge in [-0.3, -0.25) is 9.59 Å². The second-order valence-corrected chi connectivity index (χ2v) is 3.78. The van der Waals surface area contributed by atoms with Crippen molar-refractivity contribution in [3.63, 3.8) is 0 Å². The summed E-state index contributed by atoms with van der Waals surface area (Å²) in [5.41, 5.74) is 0. The van der Waals surface area contributed by atoms with Gasteiger partial charge in [0.25, 0.3) is 0 Å². The van der Waals surface area contributed by atoms with Crippen molar-refractivity contribution < 1.29 is 9.59 Å². The predicted octanol–water partition coefficient (Wildman–Crippen LogP) is -0.0294. The number of nitrogens with one attached hydrogen (secondary N) is 2. The highest BCUT2D eigenvalue weighted by molar-refractivity contribution is 5.85. The number of carbonyl (C=O) groups is 2. The fraction of sp³-hybridized carbons (Fsp3) is 0.818. The average Bonchev–Trinajstić information content (AvgIpc) is 2.26. The topological polar surface area (TPSA) is 61.4 Å². The Bertz CT molecular complexity index is 219. The maximum Gasteiger partial charge on any atom is 0.239 e. The Morgan fingerprint density at radius 3 is 2.31 bits per heavy atom. The molecule has 0 aromatic rings. The zero-order valence-electron chi connectivity index (χ0n) is 10.5. The van der Waals surface area contributed by atoms with Crippen LogP contribution in [0.3, 0.4) is 0 Å². The van der Waals surface area contributed by atoms with Crippen molar-refractivity contribution in [2.24, 2.45) is 0 Å². The Balaban J connectivity index is 3.73. The van der Waals surface area contributed by atoms with Gasteiger partial charge in [0, 0.05) is 13.6 Å². The molecule has 0 aliphatic carbocycles. The quantitative estimate of drug-likeness (QED) is 0.575. The molecular formula is C11H23N3O2. The normalized spacial score (nSPS) is 9.94. The number of rotatable bonds is 8. The van der Waals surface area contributed by atoms with Gasteiger partial charge in [0.1, 0.15) is 0 Å². The molecule has 0 aliphatic heterocycles. The Labute approximate surface area is 97.6 Å². The Morgan fingerprint density at radius 1 is 1.12 bits per heavy atom. The fourth-order valence-corrected chi connectivity index (χ4v) is 1.13. The van der Waals surface area contributed by atoms with Crippen molar-refractivity contribution in [2.45, 2.75) is 26.7 Å². The number of hydrogen-bond acceptors (Lipinski definition) is 3. The van der Waals surface area contributed by atoms with Gasteiger partial charge in [-0.15, -0.1) is 0 Å². The van der Waals surface area contributed by atoms with Gasteiger partial charge in [-0.2, -0.15) is 0 Å². The lowest BCUT2D eigenvalue weighted by molar-refractivity contribution is -0.134. The van der Waals surface area contributed by atoms with Crippen LogP contribution in [-0.2, 0) is 9.59 Å². The minimum atomic E-state index is -0.104. The molecule has 0 radical (unpaired) electrons. The van der Waals surface area contributed by atoms with Crippen molar-refractivity contribution in [3.8, 4) is 0 Å². The molecule has 0 heterocycles. The number of nitrogens with zero attached hydrogens (tertiary/aromatic N) is 1. The van der Waals surface area contributed by atoms with Gasteiger partial charge in [-0.1, -0.05) is 13.8 Å². The van der Waals surface area contributed by atoms with Crippen molar-refractivity contribution in [2.75, 3.05) is 33.2 Å². The Hall–Kier alpha value is -1.10. The maximum absolute atomic E-state index is 11.5. The molecule has 5 heteroatoms. The molecule has 0 rings (SSSR count). The summed E-state index contributed by atoms with van der Waals surface area (Å²) in [6, 6.07) is 0. The lowest BCUT2D eigenvalue weighted by Gasteiger charge is -2.16. The zero-order valence-corrected chi connectivity index (χ0v) is 10.5. The molecule has 5 nitrogen and oxygen atoms in total. The summed E-state index contributed by atoms with van der Waals surface area (Å²) in [5, 5.41) is 5.74. The molecular weight excluding hydrogens is 206 g/mol. The average molecular weight is 229 g/mol. The minimum Gasteiger partial charge on any atom is -0.355 e. The molecule has 2 amide bonds. The van der Waals surface area contributed by atoms with E-state index in [0.717, 1.165) is 19.4 Å². The predicted molar refractivity (Wildman–Crippen MR) is 64.1 cm³/mol. The molecule has 0 spiro atoms. The van der Waals surface area contributed by atoms with Gasteiger partial charge >= 0.3 is 0 Å². The van der Waals surface area contributed by atoms with Gasteiger partial charge in [0.2, 0.25) is 11.8 Å². The second-order valence-electron chi connectivity index (χ2n) is 3.78. The zero-order chi connectivity index (χ0) is 12.4. The van der Waals surface area contributed by atoms with Gasteiger partial charge < -0.3 is 15.5 Å². The molecule has 16 heavy (non-hydrogen) atoms. The first-order valence-corrected chi connectivity index (χ1v) is 5.83. The molecule has 0 atom stereocenters. The van der Waals surface area contributed by atoms with E-state index in [1.807, 2.05) is 13.8 Å². The molecule has 0 saturated heterocycles. The van der Waals surface area contributed by atoms with Crippen LogP contribution in [0.5, 0.6) is 0 Å². The van der Waals surface area contributed by atoms with Crippen LogP contribution in [0.2, 0.25) is 0 Å². The van der Waals surface area contributed by atoms with Crippen LogP contribution >= 0.6 is 0 Å². The van der Waals surface area contributed by atoms with E-state index in [9.17, 15) is 9.59 Å². The summed E-state index contributed by atoms with van der Waals surface area (Å²) in [5.74, 6) is -0.159. The highest BCUT2D eigenvalue weighted by Crippen LogP contribution is 1.84. The smallest absolute Gasteiger partial charge is 0.239 e. The molecule has 0 aliphatic rings. The monoisotopic (exact) mass is 229 g/mol. The van der Waals surface area contributed by atoms with Crippen LogP contribution < -0.4 is 10.6 Å². The molecule has 2 N–H and O–H groups in total. The van der Waals surface area contributed by atoms with E-state index in [1.165, 1.54) is 4.90 Å². The van der Waals surface area contributed by atoms with E-state index in [-0.39, 0.29) is 18.4 Å². The van der Waals surface area contributed by atoms with Crippen LogP contribution in [-0.4, -0.2) is 49.9 Å². The minimum absolute atomic E-state index is 0.0555. The first-order valence-electron chi connectivity index (χ1n) is 5.83. The van der Waals surface area contributed by atoms with Gasteiger partial charge in [-0.05, 0) is 19.4 Å². The fourth-order valence-electron chi connectivity index (χ4n) is 1.13. The van der Waals surface area contributed by atoms with Gasteiger partial charge in [0.05, 0.1) is 13.1 Å². The van der Waals surface area contributed by atoms with Crippen molar-refractivity contribution in [1.82, 2.24) is 15.5 Å². The maximum atomic E-state index is 11.5. The SMILES string of the molecule is CCCNCC(=O)N(C)CC(=O)NCCC. The van der Waals surface area contributed by atoms with Gasteiger partial charge in [-0.25, -0.2) is 0 Å². The molecule has 0 aromatic heterocycles. The summed E-state index contributed by atoms with van der Waals surface area (Å²) in [6.45, 7) is 5.94. The molecule has 0 saturated carbocycles. The first-order chi connectivity index (χ1) is 7.61. The number of hydrogen-bond donors (Lipinski definition) is 2. The molecule has 94 valence electrons. The summed E-state index contributed by atoms with van der Waals surface area (Å²) in [6.07, 6.45) is 1.90. The Morgan fingerprint density at radius 2 is 1.75 bits per heavy atom. The lowest BCUT2D eigenvalue weighted by Crippen LogP contribution is -2.42. The van der Waals surface area contributed by atoms with E-state index in [2.05, 4.69) is 10.6 Å².